The first-order valence-electron chi connectivity index (χ1n) is 9.05. The first kappa shape index (κ1) is 16.1. The van der Waals surface area contributed by atoms with E-state index in [0.717, 1.165) is 11.8 Å². The minimum Gasteiger partial charge on any atom is -0.360 e. The highest BCUT2D eigenvalue weighted by Crippen LogP contribution is 2.49. The topological polar surface area (TPSA) is 84.7 Å². The van der Waals surface area contributed by atoms with Gasteiger partial charge in [-0.3, -0.25) is 4.79 Å². The van der Waals surface area contributed by atoms with Crippen molar-refractivity contribution in [3.05, 3.63) is 30.7 Å². The van der Waals surface area contributed by atoms with Gasteiger partial charge in [-0.2, -0.15) is 0 Å². The molecule has 0 saturated heterocycles. The Balaban J connectivity index is 1.27. The Labute approximate surface area is 147 Å². The van der Waals surface area contributed by atoms with E-state index in [1.807, 2.05) is 6.07 Å². The predicted molar refractivity (Wildman–Crippen MR) is 94.2 cm³/mol. The molecule has 4 rings (SSSR count). The van der Waals surface area contributed by atoms with Crippen molar-refractivity contribution in [1.29, 1.82) is 0 Å². The van der Waals surface area contributed by atoms with Gasteiger partial charge in [0.1, 0.15) is 5.82 Å². The highest BCUT2D eigenvalue weighted by Gasteiger charge is 2.42. The van der Waals surface area contributed by atoms with Gasteiger partial charge < -0.3 is 10.6 Å². The largest absolute Gasteiger partial charge is 0.360 e. The number of carbonyl (C=O) groups excluding carboxylic acids is 1. The van der Waals surface area contributed by atoms with E-state index in [1.165, 1.54) is 25.7 Å². The molecule has 0 spiro atoms. The van der Waals surface area contributed by atoms with Gasteiger partial charge >= 0.3 is 0 Å². The van der Waals surface area contributed by atoms with Gasteiger partial charge in [0.05, 0.1) is 6.54 Å². The van der Waals surface area contributed by atoms with Crippen molar-refractivity contribution in [2.45, 2.75) is 38.6 Å². The maximum atomic E-state index is 12.2. The number of hydrogen-bond acceptors (Lipinski definition) is 5. The zero-order chi connectivity index (χ0) is 17.2. The average molecular weight is 340 g/mol. The first-order chi connectivity index (χ1) is 12.2. The minimum atomic E-state index is 0.0146. The van der Waals surface area contributed by atoms with Crippen LogP contribution >= 0.6 is 0 Å². The first-order valence-corrected chi connectivity index (χ1v) is 9.05. The van der Waals surface area contributed by atoms with Crippen LogP contribution < -0.4 is 10.6 Å². The highest BCUT2D eigenvalue weighted by molar-refractivity contribution is 5.80. The van der Waals surface area contributed by atoms with Crippen molar-refractivity contribution < 1.29 is 4.79 Å². The van der Waals surface area contributed by atoms with E-state index in [2.05, 4.69) is 32.6 Å². The Morgan fingerprint density at radius 3 is 2.88 bits per heavy atom. The monoisotopic (exact) mass is 340 g/mol. The lowest BCUT2D eigenvalue weighted by Crippen LogP contribution is -2.42. The standard InChI is InChI=1S/C18H24N6O/c1-12(15-10-13-3-4-14(15)9-13)22-17(25)11-21-16-5-8-24(23-16)18-19-6-2-7-20-18/h2,5-8,12-15H,3-4,9-11H2,1H3,(H,21,23)(H,22,25). The number of hydrogen-bond donors (Lipinski definition) is 2. The van der Waals surface area contributed by atoms with E-state index in [1.54, 1.807) is 29.3 Å². The molecule has 25 heavy (non-hydrogen) atoms. The molecule has 132 valence electrons. The number of fused-ring (bicyclic) bond motifs is 2. The number of nitrogens with zero attached hydrogens (tertiary/aromatic N) is 4. The van der Waals surface area contributed by atoms with E-state index >= 15 is 0 Å². The molecule has 0 aliphatic heterocycles. The maximum absolute atomic E-state index is 12.2. The van der Waals surface area contributed by atoms with Crippen molar-refractivity contribution >= 4 is 11.7 Å². The molecule has 2 aliphatic rings. The molecule has 2 aliphatic carbocycles. The second-order valence-corrected chi connectivity index (χ2v) is 7.24. The smallest absolute Gasteiger partial charge is 0.250 e. The van der Waals surface area contributed by atoms with E-state index in [4.69, 9.17) is 0 Å². The lowest BCUT2D eigenvalue weighted by atomic mass is 9.84. The molecule has 0 aromatic carbocycles. The summed E-state index contributed by atoms with van der Waals surface area (Å²) in [4.78, 5) is 20.5. The Kier molecular flexibility index (Phi) is 4.38. The van der Waals surface area contributed by atoms with Crippen molar-refractivity contribution in [3.8, 4) is 5.95 Å². The Morgan fingerprint density at radius 2 is 2.16 bits per heavy atom. The van der Waals surface area contributed by atoms with E-state index in [9.17, 15) is 4.79 Å². The fraction of sp³-hybridized carbons (Fsp3) is 0.556. The van der Waals surface area contributed by atoms with Crippen LogP contribution in [0.3, 0.4) is 0 Å². The van der Waals surface area contributed by atoms with Crippen LogP contribution in [0.2, 0.25) is 0 Å². The molecule has 2 fully saturated rings. The van der Waals surface area contributed by atoms with E-state index in [0.29, 0.717) is 17.7 Å². The predicted octanol–water partition coefficient (Wildman–Crippen LogP) is 2.02. The SMILES string of the molecule is CC(NC(=O)CNc1ccn(-c2ncccn2)n1)C1CC2CCC1C2. The van der Waals surface area contributed by atoms with Crippen LogP contribution in [0.5, 0.6) is 0 Å². The number of rotatable bonds is 6. The molecule has 1 amide bonds. The molecule has 4 unspecified atom stereocenters. The van der Waals surface area contributed by atoms with Gasteiger partial charge in [0.2, 0.25) is 11.9 Å². The molecule has 7 heteroatoms. The summed E-state index contributed by atoms with van der Waals surface area (Å²) in [6, 6.07) is 3.82. The van der Waals surface area contributed by atoms with E-state index < -0.39 is 0 Å². The molecule has 0 radical (unpaired) electrons. The number of amides is 1. The molecular weight excluding hydrogens is 316 g/mol. The van der Waals surface area contributed by atoms with Gasteiger partial charge in [-0.05, 0) is 50.0 Å². The second-order valence-electron chi connectivity index (χ2n) is 7.24. The molecule has 2 heterocycles. The third kappa shape index (κ3) is 3.50. The van der Waals surface area contributed by atoms with Crippen molar-refractivity contribution in [3.63, 3.8) is 0 Å². The maximum Gasteiger partial charge on any atom is 0.250 e. The fourth-order valence-electron chi connectivity index (χ4n) is 4.43. The minimum absolute atomic E-state index is 0.0146. The molecule has 2 N–H and O–H groups in total. The lowest BCUT2D eigenvalue weighted by molar-refractivity contribution is -0.120. The van der Waals surface area contributed by atoms with Gasteiger partial charge in [-0.25, -0.2) is 14.6 Å². The number of anilines is 1. The fourth-order valence-corrected chi connectivity index (χ4v) is 4.43. The molecule has 2 saturated carbocycles. The number of nitrogens with one attached hydrogen (secondary N) is 2. The number of carbonyl (C=O) groups is 1. The summed E-state index contributed by atoms with van der Waals surface area (Å²) in [6.45, 7) is 2.36. The second kappa shape index (κ2) is 6.82. The Bertz CT molecular complexity index is 730. The van der Waals surface area contributed by atoms with Crippen LogP contribution in [0.4, 0.5) is 5.82 Å². The third-order valence-electron chi connectivity index (χ3n) is 5.60. The number of aromatic nitrogens is 4. The third-order valence-corrected chi connectivity index (χ3v) is 5.60. The van der Waals surface area contributed by atoms with E-state index in [-0.39, 0.29) is 18.5 Å². The summed E-state index contributed by atoms with van der Waals surface area (Å²) in [7, 11) is 0. The zero-order valence-electron chi connectivity index (χ0n) is 14.4. The quantitative estimate of drug-likeness (QED) is 0.840. The van der Waals surface area contributed by atoms with Crippen LogP contribution in [0.1, 0.15) is 32.6 Å². The highest BCUT2D eigenvalue weighted by atomic mass is 16.2. The van der Waals surface area contributed by atoms with Gasteiger partial charge in [0.25, 0.3) is 0 Å². The van der Waals surface area contributed by atoms with Crippen molar-refractivity contribution in [2.75, 3.05) is 11.9 Å². The lowest BCUT2D eigenvalue weighted by Gasteiger charge is -2.28. The Hall–Kier alpha value is -2.44. The van der Waals surface area contributed by atoms with Crippen LogP contribution in [-0.2, 0) is 4.79 Å². The summed E-state index contributed by atoms with van der Waals surface area (Å²) in [5.74, 6) is 3.52. The summed E-state index contributed by atoms with van der Waals surface area (Å²) in [6.07, 6.45) is 10.5. The zero-order valence-corrected chi connectivity index (χ0v) is 14.4. The Morgan fingerprint density at radius 1 is 1.32 bits per heavy atom. The molecule has 2 aromatic rings. The molecule has 4 atom stereocenters. The summed E-state index contributed by atoms with van der Waals surface area (Å²) in [5.41, 5.74) is 0. The van der Waals surface area contributed by atoms with Crippen LogP contribution in [0.25, 0.3) is 5.95 Å². The molecule has 2 bridgehead atoms. The summed E-state index contributed by atoms with van der Waals surface area (Å²) in [5, 5.41) is 10.6. The normalized spacial score (nSPS) is 25.7. The molecule has 2 aromatic heterocycles. The van der Waals surface area contributed by atoms with Crippen LogP contribution in [-0.4, -0.2) is 38.2 Å². The van der Waals surface area contributed by atoms with Gasteiger partial charge in [-0.1, -0.05) is 6.42 Å². The average Bonchev–Trinajstić information content (AvgIpc) is 3.37. The molecule has 7 nitrogen and oxygen atoms in total. The van der Waals surface area contributed by atoms with Crippen LogP contribution in [0.15, 0.2) is 30.7 Å². The molecular formula is C18H24N6O. The van der Waals surface area contributed by atoms with Crippen LogP contribution in [0, 0.1) is 17.8 Å². The van der Waals surface area contributed by atoms with Gasteiger partial charge in [0.15, 0.2) is 0 Å². The summed E-state index contributed by atoms with van der Waals surface area (Å²) >= 11 is 0. The summed E-state index contributed by atoms with van der Waals surface area (Å²) < 4.78 is 1.58. The van der Waals surface area contributed by atoms with Crippen molar-refractivity contribution in [2.24, 2.45) is 17.8 Å². The van der Waals surface area contributed by atoms with Gasteiger partial charge in [0, 0.05) is 30.7 Å². The van der Waals surface area contributed by atoms with Crippen molar-refractivity contribution in [1.82, 2.24) is 25.1 Å². The van der Waals surface area contributed by atoms with Gasteiger partial charge in [-0.15, -0.1) is 5.10 Å².